The van der Waals surface area contributed by atoms with Gasteiger partial charge in [-0.25, -0.2) is 4.98 Å². The van der Waals surface area contributed by atoms with E-state index in [2.05, 4.69) is 11.1 Å². The molecule has 0 saturated carbocycles. The van der Waals surface area contributed by atoms with E-state index in [1.807, 2.05) is 38.1 Å². The van der Waals surface area contributed by atoms with Gasteiger partial charge >= 0.3 is 0 Å². The lowest BCUT2D eigenvalue weighted by atomic mass is 10.1. The molecule has 2 rings (SSSR count). The molecular weight excluding hydrogens is 234 g/mol. The summed E-state index contributed by atoms with van der Waals surface area (Å²) in [6, 6.07) is 7.63. The van der Waals surface area contributed by atoms with Crippen molar-refractivity contribution in [3.05, 3.63) is 34.5 Å². The average Bonchev–Trinajstić information content (AvgIpc) is 2.27. The molecule has 4 heteroatoms. The molecule has 0 atom stereocenters. The second-order valence-corrected chi connectivity index (χ2v) is 4.54. The molecule has 1 aromatic heterocycles. The first-order valence-electron chi connectivity index (χ1n) is 5.22. The van der Waals surface area contributed by atoms with Gasteiger partial charge in [0.2, 0.25) is 0 Å². The van der Waals surface area contributed by atoms with E-state index in [9.17, 15) is 0 Å². The Kier molecular flexibility index (Phi) is 2.91. The van der Waals surface area contributed by atoms with E-state index in [1.54, 1.807) is 6.07 Å². The summed E-state index contributed by atoms with van der Waals surface area (Å²) >= 11 is 6.01. The lowest BCUT2D eigenvalue weighted by molar-refractivity contribution is 1.11. The van der Waals surface area contributed by atoms with Crippen molar-refractivity contribution >= 4 is 28.2 Å². The number of fused-ring (bicyclic) bond motifs is 1. The Morgan fingerprint density at radius 3 is 2.65 bits per heavy atom. The molecule has 2 aromatic rings. The monoisotopic (exact) mass is 245 g/mol. The molecule has 0 unspecified atom stereocenters. The van der Waals surface area contributed by atoms with Crippen LogP contribution in [0, 0.1) is 18.3 Å². The van der Waals surface area contributed by atoms with Crippen LogP contribution in [-0.4, -0.2) is 19.1 Å². The molecule has 3 nitrogen and oxygen atoms in total. The van der Waals surface area contributed by atoms with Gasteiger partial charge < -0.3 is 4.90 Å². The summed E-state index contributed by atoms with van der Waals surface area (Å²) in [6.07, 6.45) is 0. The summed E-state index contributed by atoms with van der Waals surface area (Å²) in [4.78, 5) is 6.31. The van der Waals surface area contributed by atoms with Gasteiger partial charge in [0.25, 0.3) is 0 Å². The molecule has 0 fully saturated rings. The van der Waals surface area contributed by atoms with Crippen LogP contribution in [0.3, 0.4) is 0 Å². The molecule has 0 N–H and O–H groups in total. The van der Waals surface area contributed by atoms with Crippen molar-refractivity contribution in [1.29, 1.82) is 5.26 Å². The van der Waals surface area contributed by atoms with E-state index in [0.29, 0.717) is 10.7 Å². The number of pyridine rings is 1. The standard InChI is InChI=1S/C13H12ClN3/c1-8-12(7-15)16-11-5-4-9(14)6-10(11)13(8)17(2)3/h4-6H,1-3H3. The fourth-order valence-electron chi connectivity index (χ4n) is 2.00. The van der Waals surface area contributed by atoms with Crippen molar-refractivity contribution in [2.75, 3.05) is 19.0 Å². The van der Waals surface area contributed by atoms with Gasteiger partial charge in [0.15, 0.2) is 0 Å². The molecule has 1 heterocycles. The smallest absolute Gasteiger partial charge is 0.146 e. The zero-order valence-corrected chi connectivity index (χ0v) is 10.7. The number of aromatic nitrogens is 1. The normalized spacial score (nSPS) is 10.3. The van der Waals surface area contributed by atoms with Crippen LogP contribution in [0.25, 0.3) is 10.9 Å². The first kappa shape index (κ1) is 11.7. The fraction of sp³-hybridized carbons (Fsp3) is 0.231. The molecule has 0 amide bonds. The highest BCUT2D eigenvalue weighted by atomic mass is 35.5. The Bertz CT molecular complexity index is 627. The zero-order valence-electron chi connectivity index (χ0n) is 9.95. The largest absolute Gasteiger partial charge is 0.377 e. The number of nitriles is 1. The van der Waals surface area contributed by atoms with Crippen LogP contribution >= 0.6 is 11.6 Å². The van der Waals surface area contributed by atoms with Crippen molar-refractivity contribution in [2.24, 2.45) is 0 Å². The van der Waals surface area contributed by atoms with Crippen molar-refractivity contribution in [3.8, 4) is 6.07 Å². The van der Waals surface area contributed by atoms with Gasteiger partial charge in [-0.3, -0.25) is 0 Å². The number of hydrogen-bond acceptors (Lipinski definition) is 3. The summed E-state index contributed by atoms with van der Waals surface area (Å²) in [6.45, 7) is 1.90. The SMILES string of the molecule is Cc1c(C#N)nc2ccc(Cl)cc2c1N(C)C. The first-order valence-corrected chi connectivity index (χ1v) is 5.59. The molecule has 0 bridgehead atoms. The first-order chi connectivity index (χ1) is 8.04. The maximum atomic E-state index is 9.08. The number of halogens is 1. The number of benzene rings is 1. The third kappa shape index (κ3) is 1.92. The summed E-state index contributed by atoms with van der Waals surface area (Å²) in [5, 5.41) is 10.7. The van der Waals surface area contributed by atoms with Gasteiger partial charge in [0.1, 0.15) is 11.8 Å². The molecule has 0 aliphatic heterocycles. The summed E-state index contributed by atoms with van der Waals surface area (Å²) in [5.41, 5.74) is 3.13. The Balaban J connectivity index is 2.94. The lowest BCUT2D eigenvalue weighted by Gasteiger charge is -2.19. The van der Waals surface area contributed by atoms with E-state index in [-0.39, 0.29) is 0 Å². The lowest BCUT2D eigenvalue weighted by Crippen LogP contribution is -2.12. The summed E-state index contributed by atoms with van der Waals surface area (Å²) in [7, 11) is 3.90. The molecular formula is C13H12ClN3. The van der Waals surface area contributed by atoms with Gasteiger partial charge in [-0.15, -0.1) is 0 Å². The van der Waals surface area contributed by atoms with Gasteiger partial charge in [0, 0.05) is 30.1 Å². The van der Waals surface area contributed by atoms with Crippen molar-refractivity contribution in [3.63, 3.8) is 0 Å². The molecule has 0 radical (unpaired) electrons. The van der Waals surface area contributed by atoms with Crippen molar-refractivity contribution < 1.29 is 0 Å². The Morgan fingerprint density at radius 1 is 1.35 bits per heavy atom. The minimum atomic E-state index is 0.462. The Hall–Kier alpha value is -1.79. The highest BCUT2D eigenvalue weighted by Gasteiger charge is 2.13. The van der Waals surface area contributed by atoms with Gasteiger partial charge in [-0.05, 0) is 25.1 Å². The van der Waals surface area contributed by atoms with E-state index in [1.165, 1.54) is 0 Å². The fourth-order valence-corrected chi connectivity index (χ4v) is 2.17. The highest BCUT2D eigenvalue weighted by Crippen LogP contribution is 2.31. The van der Waals surface area contributed by atoms with Crippen LogP contribution in [0.1, 0.15) is 11.3 Å². The van der Waals surface area contributed by atoms with Crippen LogP contribution in [0.15, 0.2) is 18.2 Å². The second-order valence-electron chi connectivity index (χ2n) is 4.10. The third-order valence-electron chi connectivity index (χ3n) is 2.71. The molecule has 0 aliphatic carbocycles. The van der Waals surface area contributed by atoms with Crippen LogP contribution in [0.2, 0.25) is 5.02 Å². The minimum Gasteiger partial charge on any atom is -0.377 e. The Morgan fingerprint density at radius 2 is 2.06 bits per heavy atom. The highest BCUT2D eigenvalue weighted by molar-refractivity contribution is 6.31. The zero-order chi connectivity index (χ0) is 12.6. The maximum Gasteiger partial charge on any atom is 0.146 e. The molecule has 0 aliphatic rings. The van der Waals surface area contributed by atoms with Gasteiger partial charge in [0.05, 0.1) is 11.2 Å². The van der Waals surface area contributed by atoms with E-state index in [4.69, 9.17) is 16.9 Å². The van der Waals surface area contributed by atoms with Gasteiger partial charge in [-0.2, -0.15) is 5.26 Å². The molecule has 86 valence electrons. The molecule has 0 saturated heterocycles. The average molecular weight is 246 g/mol. The van der Waals surface area contributed by atoms with Crippen molar-refractivity contribution in [2.45, 2.75) is 6.92 Å². The Labute approximate surface area is 105 Å². The minimum absolute atomic E-state index is 0.462. The van der Waals surface area contributed by atoms with E-state index in [0.717, 1.165) is 22.2 Å². The number of hydrogen-bond donors (Lipinski definition) is 0. The maximum absolute atomic E-state index is 9.08. The van der Waals surface area contributed by atoms with Crippen LogP contribution in [0.4, 0.5) is 5.69 Å². The van der Waals surface area contributed by atoms with Gasteiger partial charge in [-0.1, -0.05) is 11.6 Å². The van der Waals surface area contributed by atoms with Crippen LogP contribution < -0.4 is 4.90 Å². The quantitative estimate of drug-likeness (QED) is 0.775. The number of anilines is 1. The second kappa shape index (κ2) is 4.23. The molecule has 1 aromatic carbocycles. The predicted molar refractivity (Wildman–Crippen MR) is 70.5 cm³/mol. The van der Waals surface area contributed by atoms with Crippen LogP contribution in [0.5, 0.6) is 0 Å². The molecule has 0 spiro atoms. The predicted octanol–water partition coefficient (Wildman–Crippen LogP) is 3.13. The third-order valence-corrected chi connectivity index (χ3v) is 2.94. The number of rotatable bonds is 1. The summed E-state index contributed by atoms with van der Waals surface area (Å²) in [5.74, 6) is 0. The number of nitrogens with zero attached hydrogens (tertiary/aromatic N) is 3. The van der Waals surface area contributed by atoms with E-state index < -0.39 is 0 Å². The van der Waals surface area contributed by atoms with E-state index >= 15 is 0 Å². The van der Waals surface area contributed by atoms with Crippen LogP contribution in [-0.2, 0) is 0 Å². The topological polar surface area (TPSA) is 39.9 Å². The van der Waals surface area contributed by atoms with Crippen molar-refractivity contribution in [1.82, 2.24) is 4.98 Å². The molecule has 17 heavy (non-hydrogen) atoms. The summed E-state index contributed by atoms with van der Waals surface area (Å²) < 4.78 is 0.